The fourth-order valence-electron chi connectivity index (χ4n) is 1.42. The van der Waals surface area contributed by atoms with Crippen molar-refractivity contribution in [2.45, 2.75) is 0 Å². The van der Waals surface area contributed by atoms with Gasteiger partial charge in [-0.2, -0.15) is 0 Å². The Morgan fingerprint density at radius 2 is 0.938 bits per heavy atom. The van der Waals surface area contributed by atoms with Crippen molar-refractivity contribution in [1.82, 2.24) is 8.61 Å². The van der Waals surface area contributed by atoms with Crippen LogP contribution in [0.5, 0.6) is 0 Å². The molecular weight excluding hydrogens is 245 g/mol. The molecule has 2 rings (SSSR count). The summed E-state index contributed by atoms with van der Waals surface area (Å²) in [7, 11) is 0. The summed E-state index contributed by atoms with van der Waals surface area (Å²) in [6.45, 7) is 7.66. The van der Waals surface area contributed by atoms with E-state index < -0.39 is 0 Å². The van der Waals surface area contributed by atoms with Gasteiger partial charge in [0.25, 0.3) is 0 Å². The summed E-state index contributed by atoms with van der Waals surface area (Å²) in [6, 6.07) is 0. The van der Waals surface area contributed by atoms with Crippen LogP contribution in [0.15, 0.2) is 0 Å². The van der Waals surface area contributed by atoms with Crippen molar-refractivity contribution in [2.75, 3.05) is 52.6 Å². The molecule has 0 amide bonds. The van der Waals surface area contributed by atoms with Crippen molar-refractivity contribution in [3.05, 3.63) is 0 Å². The van der Waals surface area contributed by atoms with Gasteiger partial charge in [-0.15, -0.1) is 0 Å². The molecule has 2 aliphatic heterocycles. The van der Waals surface area contributed by atoms with E-state index in [0.29, 0.717) is 0 Å². The van der Waals surface area contributed by atoms with Gasteiger partial charge in [-0.3, -0.25) is 14.1 Å². The van der Waals surface area contributed by atoms with Crippen LogP contribution in [-0.2, 0) is 9.47 Å². The van der Waals surface area contributed by atoms with E-state index in [0.717, 1.165) is 52.6 Å². The Morgan fingerprint density at radius 3 is 1.25 bits per heavy atom. The lowest BCUT2D eigenvalue weighted by atomic mass is 10.5. The standard InChI is InChI=1S/C8H16N2O2S.3FH/c1-5-11-6-2-9(1)13-10-3-7-12-8-4-10;;;/h1-8H2;3*1H. The zero-order chi connectivity index (χ0) is 8.93. The molecule has 100 valence electrons. The Bertz CT molecular complexity index is 142. The van der Waals surface area contributed by atoms with E-state index in [1.807, 2.05) is 12.1 Å². The highest BCUT2D eigenvalue weighted by Crippen LogP contribution is 2.18. The molecule has 16 heavy (non-hydrogen) atoms. The summed E-state index contributed by atoms with van der Waals surface area (Å²) in [5, 5.41) is 0. The number of ether oxygens (including phenoxy) is 2. The van der Waals surface area contributed by atoms with Crippen molar-refractivity contribution in [3.63, 3.8) is 0 Å². The van der Waals surface area contributed by atoms with E-state index in [-0.39, 0.29) is 14.1 Å². The molecular formula is C8H19F3N2O2S. The maximum atomic E-state index is 5.29. The van der Waals surface area contributed by atoms with Gasteiger partial charge >= 0.3 is 0 Å². The molecule has 8 heteroatoms. The van der Waals surface area contributed by atoms with E-state index in [2.05, 4.69) is 8.61 Å². The summed E-state index contributed by atoms with van der Waals surface area (Å²) < 4.78 is 15.3. The molecule has 0 aliphatic carbocycles. The Hall–Kier alpha value is -0.0200. The van der Waals surface area contributed by atoms with Crippen LogP contribution in [0, 0.1) is 0 Å². The lowest BCUT2D eigenvalue weighted by Gasteiger charge is -2.32. The maximum Gasteiger partial charge on any atom is 0.0603 e. The SMILES string of the molecule is C1CN(SN2CCOCC2)CCO1.F.F.F. The normalized spacial score (nSPS) is 22.5. The van der Waals surface area contributed by atoms with Gasteiger partial charge in [0, 0.05) is 38.3 Å². The second-order valence-corrected chi connectivity index (χ2v) is 4.36. The van der Waals surface area contributed by atoms with Crippen LogP contribution >= 0.6 is 12.1 Å². The molecule has 2 fully saturated rings. The fraction of sp³-hybridized carbons (Fsp3) is 1.00. The molecule has 2 heterocycles. The van der Waals surface area contributed by atoms with Gasteiger partial charge < -0.3 is 9.47 Å². The number of morpholine rings is 2. The van der Waals surface area contributed by atoms with Crippen molar-refractivity contribution in [2.24, 2.45) is 0 Å². The number of nitrogens with zero attached hydrogens (tertiary/aromatic N) is 2. The number of rotatable bonds is 2. The molecule has 0 aromatic heterocycles. The molecule has 0 saturated carbocycles. The van der Waals surface area contributed by atoms with Gasteiger partial charge in [-0.05, 0) is 0 Å². The first-order valence-corrected chi connectivity index (χ1v) is 5.52. The molecule has 0 unspecified atom stereocenters. The molecule has 0 spiro atoms. The van der Waals surface area contributed by atoms with Gasteiger partial charge in [0.15, 0.2) is 0 Å². The highest BCUT2D eigenvalue weighted by atomic mass is 32.2. The summed E-state index contributed by atoms with van der Waals surface area (Å²) in [5.74, 6) is 0. The largest absolute Gasteiger partial charge is 0.379 e. The monoisotopic (exact) mass is 264 g/mol. The van der Waals surface area contributed by atoms with Gasteiger partial charge in [0.05, 0.1) is 26.4 Å². The third kappa shape index (κ3) is 5.90. The molecule has 0 radical (unpaired) electrons. The second-order valence-electron chi connectivity index (χ2n) is 3.16. The minimum absolute atomic E-state index is 0. The molecule has 0 aromatic rings. The molecule has 0 aromatic carbocycles. The van der Waals surface area contributed by atoms with Gasteiger partial charge in [0.2, 0.25) is 0 Å². The van der Waals surface area contributed by atoms with Crippen LogP contribution in [0.1, 0.15) is 0 Å². The third-order valence-corrected chi connectivity index (χ3v) is 3.36. The van der Waals surface area contributed by atoms with E-state index in [1.54, 1.807) is 0 Å². The Balaban J connectivity index is 0. The minimum Gasteiger partial charge on any atom is -0.379 e. The highest BCUT2D eigenvalue weighted by Gasteiger charge is 2.17. The Labute approximate surface area is 97.6 Å². The summed E-state index contributed by atoms with van der Waals surface area (Å²) in [6.07, 6.45) is 0. The molecule has 0 bridgehead atoms. The number of hydrogen-bond acceptors (Lipinski definition) is 5. The fourth-order valence-corrected chi connectivity index (χ4v) is 2.37. The Kier molecular flexibility index (Phi) is 11.6. The summed E-state index contributed by atoms with van der Waals surface area (Å²) >= 11 is 1.85. The Morgan fingerprint density at radius 1 is 0.625 bits per heavy atom. The van der Waals surface area contributed by atoms with E-state index >= 15 is 0 Å². The summed E-state index contributed by atoms with van der Waals surface area (Å²) in [4.78, 5) is 0. The minimum atomic E-state index is 0. The first kappa shape index (κ1) is 18.3. The second kappa shape index (κ2) is 10.2. The topological polar surface area (TPSA) is 24.9 Å². The molecule has 4 nitrogen and oxygen atoms in total. The van der Waals surface area contributed by atoms with E-state index in [4.69, 9.17) is 9.47 Å². The van der Waals surface area contributed by atoms with Crippen LogP contribution in [0.3, 0.4) is 0 Å². The predicted octanol–water partition coefficient (Wildman–Crippen LogP) is 0.671. The van der Waals surface area contributed by atoms with Gasteiger partial charge in [-0.25, -0.2) is 8.61 Å². The molecule has 2 aliphatic rings. The van der Waals surface area contributed by atoms with Crippen LogP contribution in [0.4, 0.5) is 14.1 Å². The predicted molar refractivity (Wildman–Crippen MR) is 59.9 cm³/mol. The van der Waals surface area contributed by atoms with Crippen molar-refractivity contribution < 1.29 is 23.6 Å². The average Bonchev–Trinajstić information content (AvgIpc) is 2.21. The van der Waals surface area contributed by atoms with Crippen molar-refractivity contribution in [3.8, 4) is 0 Å². The van der Waals surface area contributed by atoms with Crippen LogP contribution < -0.4 is 0 Å². The average molecular weight is 264 g/mol. The van der Waals surface area contributed by atoms with Crippen LogP contribution in [-0.4, -0.2) is 61.2 Å². The van der Waals surface area contributed by atoms with Crippen LogP contribution in [0.2, 0.25) is 0 Å². The zero-order valence-electron chi connectivity index (χ0n) is 9.00. The number of halogens is 3. The zero-order valence-corrected chi connectivity index (χ0v) is 9.82. The lowest BCUT2D eigenvalue weighted by Crippen LogP contribution is -2.38. The smallest absolute Gasteiger partial charge is 0.0603 e. The number of hydrogen-bond donors (Lipinski definition) is 0. The van der Waals surface area contributed by atoms with Crippen molar-refractivity contribution in [1.29, 1.82) is 0 Å². The van der Waals surface area contributed by atoms with Gasteiger partial charge in [-0.1, -0.05) is 0 Å². The maximum absolute atomic E-state index is 5.29. The summed E-state index contributed by atoms with van der Waals surface area (Å²) in [5.41, 5.74) is 0. The molecule has 0 atom stereocenters. The van der Waals surface area contributed by atoms with E-state index in [1.165, 1.54) is 0 Å². The molecule has 2 saturated heterocycles. The quantitative estimate of drug-likeness (QED) is 0.683. The third-order valence-electron chi connectivity index (χ3n) is 2.17. The first-order chi connectivity index (χ1) is 6.45. The van der Waals surface area contributed by atoms with Crippen molar-refractivity contribution >= 4 is 12.1 Å². The first-order valence-electron chi connectivity index (χ1n) is 4.78. The molecule has 0 N–H and O–H groups in total. The van der Waals surface area contributed by atoms with Crippen LogP contribution in [0.25, 0.3) is 0 Å². The van der Waals surface area contributed by atoms with Gasteiger partial charge in [0.1, 0.15) is 0 Å². The van der Waals surface area contributed by atoms with E-state index in [9.17, 15) is 0 Å². The lowest BCUT2D eigenvalue weighted by molar-refractivity contribution is 0.0641. The highest BCUT2D eigenvalue weighted by molar-refractivity contribution is 7.94.